The van der Waals surface area contributed by atoms with E-state index in [4.69, 9.17) is 31.2 Å². The first-order valence-corrected chi connectivity index (χ1v) is 19.8. The average Bonchev–Trinajstić information content (AvgIpc) is 3.66. The van der Waals surface area contributed by atoms with Crippen LogP contribution in [0.5, 0.6) is 5.75 Å². The van der Waals surface area contributed by atoms with E-state index in [0.717, 1.165) is 30.9 Å². The number of terminal acetylenes is 1. The lowest BCUT2D eigenvalue weighted by Gasteiger charge is -2.28. The van der Waals surface area contributed by atoms with E-state index >= 15 is 0 Å². The summed E-state index contributed by atoms with van der Waals surface area (Å²) >= 11 is 1.24. The summed E-state index contributed by atoms with van der Waals surface area (Å²) in [7, 11) is -4.10. The Bertz CT molecular complexity index is 2460. The highest BCUT2D eigenvalue weighted by Crippen LogP contribution is 2.37. The lowest BCUT2D eigenvalue weighted by molar-refractivity contribution is -0.135. The predicted octanol–water partition coefficient (Wildman–Crippen LogP) is 3.66. The highest BCUT2D eigenvalue weighted by atomic mass is 32.1. The number of aromatic nitrogens is 3. The number of carbonyl (C=O) groups is 4. The van der Waals surface area contributed by atoms with Gasteiger partial charge >= 0.3 is 25.6 Å². The van der Waals surface area contributed by atoms with Crippen LogP contribution in [0.1, 0.15) is 42.6 Å². The second kappa shape index (κ2) is 20.0. The fraction of sp³-hybridized carbons (Fsp3) is 0.278. The Hall–Kier alpha value is -6.44. The molecule has 4 heterocycles. The summed E-state index contributed by atoms with van der Waals surface area (Å²) in [6, 6.07) is 7.23. The van der Waals surface area contributed by atoms with Crippen LogP contribution >= 0.6 is 19.1 Å². The summed E-state index contributed by atoms with van der Waals surface area (Å²) in [5.74, 6) is -1.10. The Morgan fingerprint density at radius 1 is 1.12 bits per heavy atom. The molecule has 7 N–H and O–H groups in total. The molecule has 2 aliphatic heterocycles. The molecule has 0 aliphatic carbocycles. The second-order valence-electron chi connectivity index (χ2n) is 13.4. The number of carbonyl (C=O) groups excluding carboxylic acids is 2. The predicted molar refractivity (Wildman–Crippen MR) is 210 cm³/mol. The van der Waals surface area contributed by atoms with Crippen LogP contribution < -0.4 is 30.5 Å². The maximum Gasteiger partial charge on any atom is 0.339 e. The number of ether oxygens (including phenoxy) is 1. The van der Waals surface area contributed by atoms with Gasteiger partial charge in [-0.2, -0.15) is 9.47 Å². The van der Waals surface area contributed by atoms with Crippen LogP contribution in [0.4, 0.5) is 35.0 Å². The largest absolute Gasteiger partial charge is 0.481 e. The second-order valence-corrected chi connectivity index (χ2v) is 15.8. The number of benzene rings is 2. The number of carboxylic acids is 2. The zero-order chi connectivity index (χ0) is 44.4. The lowest BCUT2D eigenvalue weighted by Crippen LogP contribution is -2.39. The third-order valence-electron chi connectivity index (χ3n) is 7.86. The van der Waals surface area contributed by atoms with Crippen molar-refractivity contribution in [3.63, 3.8) is 0 Å². The van der Waals surface area contributed by atoms with Crippen LogP contribution in [0.15, 0.2) is 58.8 Å². The van der Waals surface area contributed by atoms with Crippen LogP contribution in [-0.2, 0) is 27.1 Å². The fourth-order valence-electron chi connectivity index (χ4n) is 5.39. The van der Waals surface area contributed by atoms with Gasteiger partial charge in [0.1, 0.15) is 34.6 Å². The summed E-state index contributed by atoms with van der Waals surface area (Å²) in [5, 5.41) is 25.0. The Morgan fingerprint density at radius 2 is 1.82 bits per heavy atom. The van der Waals surface area contributed by atoms with Crippen LogP contribution in [0, 0.1) is 35.2 Å². The van der Waals surface area contributed by atoms with Gasteiger partial charge in [0, 0.05) is 48.5 Å². The maximum atomic E-state index is 14.5. The van der Waals surface area contributed by atoms with Crippen molar-refractivity contribution >= 4 is 65.8 Å². The first-order chi connectivity index (χ1) is 28.2. The van der Waals surface area contributed by atoms with Crippen molar-refractivity contribution in [2.75, 3.05) is 36.2 Å². The molecule has 0 saturated heterocycles. The molecule has 2 aromatic heterocycles. The normalized spacial score (nSPS) is 14.2. The highest BCUT2D eigenvalue weighted by Gasteiger charge is 2.31. The minimum atomic E-state index is -4.10. The van der Waals surface area contributed by atoms with Gasteiger partial charge in [0.25, 0.3) is 5.91 Å². The van der Waals surface area contributed by atoms with Crippen molar-refractivity contribution in [1.29, 1.82) is 0 Å². The van der Waals surface area contributed by atoms with Crippen LogP contribution in [-0.4, -0.2) is 89.5 Å². The van der Waals surface area contributed by atoms with E-state index in [9.17, 15) is 36.9 Å². The Kier molecular flexibility index (Phi) is 15.4. The Balaban J connectivity index is 0.000000218. The Labute approximate surface area is 343 Å². The molecule has 0 fully saturated rings. The number of urea groups is 1. The van der Waals surface area contributed by atoms with Crippen molar-refractivity contribution in [3.05, 3.63) is 88.0 Å². The van der Waals surface area contributed by atoms with Crippen molar-refractivity contribution in [2.24, 2.45) is 15.5 Å². The number of aromatic carboxylic acids is 1. The summed E-state index contributed by atoms with van der Waals surface area (Å²) in [4.78, 5) is 71.4. The monoisotopic (exact) mass is 875 g/mol. The topological polar surface area (TPSA) is 270 Å². The van der Waals surface area contributed by atoms with Gasteiger partial charge in [-0.3, -0.25) is 29.4 Å². The molecule has 0 saturated carbocycles. The number of rotatable bonds is 10. The number of hydrogen-bond donors (Lipinski definition) is 7. The molecule has 4 aromatic rings. The number of hydrazone groups is 1. The zero-order valence-electron chi connectivity index (χ0n) is 31.8. The molecule has 0 unspecified atom stereocenters. The first-order valence-electron chi connectivity index (χ1n) is 17.2. The van der Waals surface area contributed by atoms with Gasteiger partial charge in [-0.25, -0.2) is 33.2 Å². The molecular formula is C36H37F3N9O10PS. The van der Waals surface area contributed by atoms with Crippen molar-refractivity contribution in [3.8, 4) is 18.1 Å². The first kappa shape index (κ1) is 46.3. The van der Waals surface area contributed by atoms with Crippen LogP contribution in [0.25, 0.3) is 0 Å². The van der Waals surface area contributed by atoms with Gasteiger partial charge in [0.2, 0.25) is 4.80 Å². The zero-order valence-corrected chi connectivity index (χ0v) is 33.6. The van der Waals surface area contributed by atoms with E-state index in [0.29, 0.717) is 22.3 Å². The highest BCUT2D eigenvalue weighted by molar-refractivity contribution is 7.51. The minimum absolute atomic E-state index is 0.0758. The summed E-state index contributed by atoms with van der Waals surface area (Å²) in [5.41, 5.74) is 2.83. The van der Waals surface area contributed by atoms with E-state index in [2.05, 4.69) is 55.3 Å². The average molecular weight is 876 g/mol. The van der Waals surface area contributed by atoms with Gasteiger partial charge in [-0.1, -0.05) is 19.8 Å². The molecular weight excluding hydrogens is 838 g/mol. The molecule has 3 amide bonds. The summed E-state index contributed by atoms with van der Waals surface area (Å²) in [6.45, 7) is 6.07. The van der Waals surface area contributed by atoms with E-state index in [1.54, 1.807) is 0 Å². The standard InChI is InChI=1S/C18H17FN4O2S.C15H12F2N4O3.C3H8NO5P/c1-4-5-22-13-7-12(11(19)6-14(13)25-9-16(22)24)20-17-23-10-18(2,3)8-15(23)21-26-17;1-8(13-12(14(22)23)3-2-4-18-13)20-21-15(24)19-11-6-9(16)5-10(17)7-11;5-3(6)1-4-2-10(7,8)9/h1,6-7H,5,8-10H2,2-3H3;2-7H,1H3,(H,22,23)(H2,19,21,24);4H,1-2H2,(H,5,6)(H2,7,8,9)/b;20-8+;. The molecule has 19 nitrogen and oxygen atoms in total. The van der Waals surface area contributed by atoms with Crippen molar-refractivity contribution < 1.29 is 61.7 Å². The van der Waals surface area contributed by atoms with E-state index in [1.807, 2.05) is 4.57 Å². The van der Waals surface area contributed by atoms with Gasteiger partial charge < -0.3 is 34.6 Å². The smallest absolute Gasteiger partial charge is 0.339 e. The van der Waals surface area contributed by atoms with Crippen molar-refractivity contribution in [2.45, 2.75) is 33.7 Å². The van der Waals surface area contributed by atoms with Gasteiger partial charge in [-0.15, -0.1) is 6.42 Å². The van der Waals surface area contributed by atoms with Gasteiger partial charge in [0.15, 0.2) is 12.4 Å². The number of nitrogens with one attached hydrogen (secondary N) is 3. The Morgan fingerprint density at radius 3 is 2.45 bits per heavy atom. The molecule has 24 heteroatoms. The van der Waals surface area contributed by atoms with E-state index < -0.39 is 55.8 Å². The lowest BCUT2D eigenvalue weighted by atomic mass is 9.92. The summed E-state index contributed by atoms with van der Waals surface area (Å²) < 4.78 is 62.4. The number of amides is 3. The molecule has 0 radical (unpaired) electrons. The minimum Gasteiger partial charge on any atom is -0.481 e. The quantitative estimate of drug-likeness (QED) is 0.0520. The molecule has 2 aromatic carbocycles. The summed E-state index contributed by atoms with van der Waals surface area (Å²) in [6.07, 6.45) is 7.00. The third kappa shape index (κ3) is 13.3. The van der Waals surface area contributed by atoms with Crippen LogP contribution in [0.2, 0.25) is 0 Å². The number of carboxylic acid groups (broad SMARTS) is 2. The number of nitrogens with zero attached hydrogens (tertiary/aromatic N) is 6. The molecule has 6 rings (SSSR count). The van der Waals surface area contributed by atoms with Gasteiger partial charge in [-0.05, 0) is 42.7 Å². The third-order valence-corrected chi connectivity index (χ3v) is 9.27. The number of fused-ring (bicyclic) bond motifs is 2. The number of hydrogen-bond acceptors (Lipinski definition) is 12. The molecule has 0 bridgehead atoms. The number of anilines is 2. The van der Waals surface area contributed by atoms with Crippen LogP contribution in [0.3, 0.4) is 0 Å². The van der Waals surface area contributed by atoms with Crippen molar-refractivity contribution in [1.82, 2.24) is 24.7 Å². The van der Waals surface area contributed by atoms with E-state index in [-0.39, 0.29) is 52.8 Å². The number of aliphatic carboxylic acids is 1. The number of halogens is 3. The fourth-order valence-corrected chi connectivity index (χ4v) is 6.55. The van der Waals surface area contributed by atoms with Gasteiger partial charge in [0.05, 0.1) is 36.3 Å². The number of pyridine rings is 1. The molecule has 2 aliphatic rings. The SMILES string of the molecule is C#CCN1C(=O)COc2cc(F)c(N=c3snc4n3CC(C)(C)C4)cc21.C/C(=N\NC(=O)Nc1cc(F)cc(F)c1)c1ncccc1C(=O)O.O=C(O)CNCP(=O)(O)O. The molecule has 0 atom stereocenters. The molecule has 318 valence electrons. The molecule has 0 spiro atoms. The molecule has 60 heavy (non-hydrogen) atoms. The maximum absolute atomic E-state index is 14.5. The van der Waals surface area contributed by atoms with E-state index in [1.165, 1.54) is 53.8 Å².